The molecule has 4 heterocycles. The Kier molecular flexibility index (Phi) is 3.81. The first-order valence-corrected chi connectivity index (χ1v) is 9.71. The Morgan fingerprint density at radius 2 is 2.19 bits per heavy atom. The number of aromatic nitrogens is 1. The number of nitrogens with zero attached hydrogens (tertiary/aromatic N) is 4. The first-order valence-electron chi connectivity index (χ1n) is 9.71. The van der Waals surface area contributed by atoms with Gasteiger partial charge in [0.2, 0.25) is 0 Å². The van der Waals surface area contributed by atoms with Gasteiger partial charge in [-0.25, -0.2) is 4.79 Å². The lowest BCUT2D eigenvalue weighted by Gasteiger charge is -2.46. The zero-order valence-corrected chi connectivity index (χ0v) is 15.1. The summed E-state index contributed by atoms with van der Waals surface area (Å²) in [4.78, 5) is 26.9. The van der Waals surface area contributed by atoms with Gasteiger partial charge in [-0.3, -0.25) is 19.8 Å². The van der Waals surface area contributed by atoms with Crippen molar-refractivity contribution in [2.24, 2.45) is 4.99 Å². The van der Waals surface area contributed by atoms with Gasteiger partial charge in [0.05, 0.1) is 11.8 Å². The second-order valence-electron chi connectivity index (χ2n) is 7.89. The van der Waals surface area contributed by atoms with Crippen LogP contribution in [0.5, 0.6) is 0 Å². The van der Waals surface area contributed by atoms with Gasteiger partial charge in [-0.1, -0.05) is 6.08 Å². The SMILES string of the molecule is Cc1cc(C2=NC3C(C=C2)N2CC[C@@H](C2)N3C(=O)NC2CCC2)ccn1. The highest BCUT2D eigenvalue weighted by Crippen LogP contribution is 2.33. The third-order valence-electron chi connectivity index (χ3n) is 6.18. The zero-order chi connectivity index (χ0) is 17.7. The first-order chi connectivity index (χ1) is 12.7. The van der Waals surface area contributed by atoms with Crippen molar-refractivity contribution in [1.82, 2.24) is 20.1 Å². The van der Waals surface area contributed by atoms with Crippen LogP contribution in [0.4, 0.5) is 4.79 Å². The van der Waals surface area contributed by atoms with Crippen molar-refractivity contribution in [3.05, 3.63) is 41.7 Å². The van der Waals surface area contributed by atoms with Crippen molar-refractivity contribution in [3.63, 3.8) is 0 Å². The number of allylic oxidation sites excluding steroid dienone is 1. The van der Waals surface area contributed by atoms with Crippen molar-refractivity contribution in [2.75, 3.05) is 13.1 Å². The Morgan fingerprint density at radius 3 is 2.96 bits per heavy atom. The maximum atomic E-state index is 13.0. The highest BCUT2D eigenvalue weighted by atomic mass is 16.2. The van der Waals surface area contributed by atoms with Gasteiger partial charge in [0.1, 0.15) is 6.17 Å². The summed E-state index contributed by atoms with van der Waals surface area (Å²) in [6.45, 7) is 4.00. The summed E-state index contributed by atoms with van der Waals surface area (Å²) in [5.74, 6) is 0. The molecule has 3 fully saturated rings. The summed E-state index contributed by atoms with van der Waals surface area (Å²) in [5.41, 5.74) is 2.99. The second kappa shape index (κ2) is 6.20. The van der Waals surface area contributed by atoms with Crippen LogP contribution in [0, 0.1) is 6.92 Å². The number of aliphatic imine (C=N–C) groups is 1. The number of amides is 2. The van der Waals surface area contributed by atoms with E-state index in [0.717, 1.165) is 49.3 Å². The molecule has 6 nitrogen and oxygen atoms in total. The number of pyridine rings is 1. The fourth-order valence-corrected chi connectivity index (χ4v) is 4.53. The maximum absolute atomic E-state index is 13.0. The second-order valence-corrected chi connectivity index (χ2v) is 7.89. The zero-order valence-electron chi connectivity index (χ0n) is 15.1. The molecular weight excluding hydrogens is 326 g/mol. The molecule has 2 bridgehead atoms. The standard InChI is InChI=1S/C20H25N5O/c1-13-11-14(7-9-21-13)17-5-6-18-19(23-17)25(16-8-10-24(18)12-16)20(26)22-15-3-2-4-15/h5-7,9,11,15-16,18-19H,2-4,8,10,12H2,1H3,(H,22,26)/t16-,18?,19?/m0/s1. The minimum atomic E-state index is -0.134. The molecule has 3 aliphatic heterocycles. The molecule has 0 spiro atoms. The van der Waals surface area contributed by atoms with E-state index >= 15 is 0 Å². The van der Waals surface area contributed by atoms with Crippen LogP contribution in [0.3, 0.4) is 0 Å². The predicted molar refractivity (Wildman–Crippen MR) is 100 cm³/mol. The molecule has 26 heavy (non-hydrogen) atoms. The maximum Gasteiger partial charge on any atom is 0.319 e. The van der Waals surface area contributed by atoms with Gasteiger partial charge < -0.3 is 5.32 Å². The van der Waals surface area contributed by atoms with Gasteiger partial charge in [-0.2, -0.15) is 0 Å². The van der Waals surface area contributed by atoms with Crippen molar-refractivity contribution < 1.29 is 4.79 Å². The minimum absolute atomic E-state index is 0.0700. The normalized spacial score (nSPS) is 32.7. The Bertz CT molecular complexity index is 784. The lowest BCUT2D eigenvalue weighted by molar-refractivity contribution is 0.0688. The van der Waals surface area contributed by atoms with Crippen LogP contribution >= 0.6 is 0 Å². The molecule has 1 aliphatic carbocycles. The molecule has 2 amide bonds. The lowest BCUT2D eigenvalue weighted by atomic mass is 9.93. The van der Waals surface area contributed by atoms with Gasteiger partial charge in [-0.05, 0) is 50.8 Å². The molecule has 0 radical (unpaired) electrons. The molecule has 0 aromatic carbocycles. The predicted octanol–water partition coefficient (Wildman–Crippen LogP) is 2.10. The van der Waals surface area contributed by atoms with Crippen LogP contribution < -0.4 is 5.32 Å². The van der Waals surface area contributed by atoms with E-state index in [1.54, 1.807) is 0 Å². The largest absolute Gasteiger partial charge is 0.335 e. The molecular formula is C20H25N5O. The third kappa shape index (κ3) is 2.63. The molecule has 1 aromatic rings. The number of dihydropyridines is 1. The van der Waals surface area contributed by atoms with E-state index < -0.39 is 0 Å². The molecule has 1 aromatic heterocycles. The highest BCUT2D eigenvalue weighted by molar-refractivity contribution is 6.09. The summed E-state index contributed by atoms with van der Waals surface area (Å²) in [7, 11) is 0. The smallest absolute Gasteiger partial charge is 0.319 e. The molecule has 136 valence electrons. The number of aryl methyl sites for hydroxylation is 1. The van der Waals surface area contributed by atoms with E-state index in [1.165, 1.54) is 6.42 Å². The summed E-state index contributed by atoms with van der Waals surface area (Å²) in [6.07, 6.45) is 10.5. The van der Waals surface area contributed by atoms with Crippen LogP contribution in [-0.2, 0) is 0 Å². The molecule has 2 saturated heterocycles. The molecule has 4 aliphatic rings. The van der Waals surface area contributed by atoms with E-state index in [4.69, 9.17) is 4.99 Å². The average molecular weight is 351 g/mol. The van der Waals surface area contributed by atoms with Crippen LogP contribution in [0.15, 0.2) is 35.5 Å². The monoisotopic (exact) mass is 351 g/mol. The van der Waals surface area contributed by atoms with Crippen LogP contribution in [0.1, 0.15) is 36.9 Å². The number of hydrogen-bond acceptors (Lipinski definition) is 4. The molecule has 3 unspecified atom stereocenters. The van der Waals surface area contributed by atoms with Crippen molar-refractivity contribution in [1.29, 1.82) is 0 Å². The van der Waals surface area contributed by atoms with Gasteiger partial charge in [-0.15, -0.1) is 0 Å². The summed E-state index contributed by atoms with van der Waals surface area (Å²) in [6, 6.07) is 4.93. The number of fused-ring (bicyclic) bond motifs is 4. The average Bonchev–Trinajstić information content (AvgIpc) is 3.02. The number of hydrogen-bond donors (Lipinski definition) is 1. The van der Waals surface area contributed by atoms with Crippen LogP contribution in [-0.4, -0.2) is 63.9 Å². The topological polar surface area (TPSA) is 60.8 Å². The van der Waals surface area contributed by atoms with Crippen molar-refractivity contribution >= 4 is 11.7 Å². The molecule has 1 N–H and O–H groups in total. The Morgan fingerprint density at radius 1 is 1.31 bits per heavy atom. The van der Waals surface area contributed by atoms with Crippen LogP contribution in [0.25, 0.3) is 0 Å². The first kappa shape index (κ1) is 16.0. The number of carbonyl (C=O) groups is 1. The van der Waals surface area contributed by atoms with Crippen molar-refractivity contribution in [3.8, 4) is 0 Å². The summed E-state index contributed by atoms with van der Waals surface area (Å²) >= 11 is 0. The lowest BCUT2D eigenvalue weighted by Crippen LogP contribution is -2.63. The Hall–Kier alpha value is -2.21. The summed E-state index contributed by atoms with van der Waals surface area (Å²) < 4.78 is 0. The number of nitrogens with one attached hydrogen (secondary N) is 1. The van der Waals surface area contributed by atoms with Gasteiger partial charge >= 0.3 is 6.03 Å². The van der Waals surface area contributed by atoms with E-state index in [2.05, 4.69) is 33.4 Å². The van der Waals surface area contributed by atoms with E-state index in [0.29, 0.717) is 6.04 Å². The molecule has 6 heteroatoms. The van der Waals surface area contributed by atoms with E-state index in [1.807, 2.05) is 24.1 Å². The Balaban J connectivity index is 1.46. The number of rotatable bonds is 2. The molecule has 1 saturated carbocycles. The highest BCUT2D eigenvalue weighted by Gasteiger charge is 2.48. The number of carbonyl (C=O) groups excluding carboxylic acids is 1. The molecule has 4 atom stereocenters. The minimum Gasteiger partial charge on any atom is -0.335 e. The van der Waals surface area contributed by atoms with Crippen molar-refractivity contribution in [2.45, 2.75) is 56.9 Å². The summed E-state index contributed by atoms with van der Waals surface area (Å²) in [5, 5.41) is 3.23. The fraction of sp³-hybridized carbons (Fsp3) is 0.550. The number of urea groups is 1. The van der Waals surface area contributed by atoms with Crippen LogP contribution in [0.2, 0.25) is 0 Å². The van der Waals surface area contributed by atoms with Gasteiger partial charge in [0.25, 0.3) is 0 Å². The third-order valence-corrected chi connectivity index (χ3v) is 6.18. The quantitative estimate of drug-likeness (QED) is 0.888. The van der Waals surface area contributed by atoms with E-state index in [-0.39, 0.29) is 24.3 Å². The van der Waals surface area contributed by atoms with E-state index in [9.17, 15) is 4.79 Å². The molecule has 5 rings (SSSR count). The fourth-order valence-electron chi connectivity index (χ4n) is 4.53. The van der Waals surface area contributed by atoms with Gasteiger partial charge in [0, 0.05) is 42.6 Å². The Labute approximate surface area is 154 Å². The number of piperazine rings is 1. The van der Waals surface area contributed by atoms with Gasteiger partial charge in [0.15, 0.2) is 0 Å².